The van der Waals surface area contributed by atoms with E-state index in [2.05, 4.69) is 20.8 Å². The maximum atomic E-state index is 12.9. The summed E-state index contributed by atoms with van der Waals surface area (Å²) in [6.07, 6.45) is 2.15. The van der Waals surface area contributed by atoms with Gasteiger partial charge in [0.25, 0.3) is 11.8 Å². The van der Waals surface area contributed by atoms with Crippen LogP contribution in [0.25, 0.3) is 20.4 Å². The highest BCUT2D eigenvalue weighted by Gasteiger charge is 2.33. The van der Waals surface area contributed by atoms with Crippen LogP contribution in [0.4, 0.5) is 0 Å². The molecule has 1 fully saturated rings. The number of carbonyl (C=O) groups is 2. The van der Waals surface area contributed by atoms with Gasteiger partial charge in [-0.1, -0.05) is 0 Å². The second kappa shape index (κ2) is 7.45. The maximum absolute atomic E-state index is 12.9. The average molecular weight is 457 g/mol. The Labute approximate surface area is 187 Å². The van der Waals surface area contributed by atoms with Gasteiger partial charge in [-0.05, 0) is 44.7 Å². The fourth-order valence-corrected chi connectivity index (χ4v) is 6.06. The zero-order valence-corrected chi connectivity index (χ0v) is 19.5. The summed E-state index contributed by atoms with van der Waals surface area (Å²) in [4.78, 5) is 29.0. The van der Waals surface area contributed by atoms with Crippen molar-refractivity contribution in [1.29, 1.82) is 0 Å². The molecule has 0 spiro atoms. The molecule has 4 aromatic heterocycles. The number of thiophene rings is 2. The Morgan fingerprint density at radius 3 is 2.00 bits per heavy atom. The fourth-order valence-electron chi connectivity index (χ4n) is 4.00. The summed E-state index contributed by atoms with van der Waals surface area (Å²) in [5.41, 5.74) is 1.84. The third-order valence-electron chi connectivity index (χ3n) is 5.83. The van der Waals surface area contributed by atoms with Crippen LogP contribution in [0.1, 0.15) is 43.6 Å². The molecule has 8 nitrogen and oxygen atoms in total. The van der Waals surface area contributed by atoms with E-state index in [0.29, 0.717) is 22.2 Å². The molecule has 4 heterocycles. The molecule has 162 valence electrons. The smallest absolute Gasteiger partial charge is 0.261 e. The van der Waals surface area contributed by atoms with Gasteiger partial charge in [0, 0.05) is 37.5 Å². The van der Waals surface area contributed by atoms with Crippen molar-refractivity contribution in [3.05, 3.63) is 33.3 Å². The number of rotatable bonds is 6. The molecule has 31 heavy (non-hydrogen) atoms. The normalized spacial score (nSPS) is 15.0. The molecule has 0 saturated heterocycles. The topological polar surface area (TPSA) is 93.8 Å². The molecule has 2 N–H and O–H groups in total. The summed E-state index contributed by atoms with van der Waals surface area (Å²) in [5.74, 6) is 0.218. The molecule has 2 amide bonds. The Hall–Kier alpha value is -2.72. The first-order chi connectivity index (χ1) is 14.8. The molecule has 1 saturated carbocycles. The molecule has 0 bridgehead atoms. The molecule has 0 aromatic carbocycles. The first kappa shape index (κ1) is 20.2. The molecule has 0 radical (unpaired) electrons. The fraction of sp³-hybridized carbons (Fsp3) is 0.429. The van der Waals surface area contributed by atoms with Gasteiger partial charge in [-0.25, -0.2) is 0 Å². The van der Waals surface area contributed by atoms with Gasteiger partial charge in [0.2, 0.25) is 0 Å². The molecule has 1 aliphatic rings. The number of carbonyl (C=O) groups excluding carboxylic acids is 2. The number of nitrogens with one attached hydrogen (secondary N) is 2. The van der Waals surface area contributed by atoms with Crippen molar-refractivity contribution in [2.75, 3.05) is 6.54 Å². The lowest BCUT2D eigenvalue weighted by molar-refractivity contribution is 0.0907. The molecular weight excluding hydrogens is 432 g/mol. The molecule has 0 aliphatic heterocycles. The van der Waals surface area contributed by atoms with E-state index in [4.69, 9.17) is 0 Å². The highest BCUT2D eigenvalue weighted by molar-refractivity contribution is 7.20. The largest absolute Gasteiger partial charge is 0.349 e. The van der Waals surface area contributed by atoms with Crippen molar-refractivity contribution < 1.29 is 9.59 Å². The number of aryl methyl sites for hydroxylation is 4. The monoisotopic (exact) mass is 456 g/mol. The first-order valence-corrected chi connectivity index (χ1v) is 11.9. The molecule has 4 aromatic rings. The molecular formula is C21H24N6O2S2. The Morgan fingerprint density at radius 2 is 1.52 bits per heavy atom. The lowest BCUT2D eigenvalue weighted by atomic mass is 10.1. The van der Waals surface area contributed by atoms with E-state index in [9.17, 15) is 9.59 Å². The van der Waals surface area contributed by atoms with Crippen LogP contribution in [-0.4, -0.2) is 44.0 Å². The van der Waals surface area contributed by atoms with Gasteiger partial charge < -0.3 is 10.6 Å². The van der Waals surface area contributed by atoms with Crippen molar-refractivity contribution >= 4 is 54.9 Å². The number of nitrogens with zero attached hydrogens (tertiary/aromatic N) is 4. The van der Waals surface area contributed by atoms with E-state index in [1.165, 1.54) is 22.7 Å². The number of hydrogen-bond acceptors (Lipinski definition) is 6. The Balaban J connectivity index is 1.27. The van der Waals surface area contributed by atoms with Gasteiger partial charge in [-0.2, -0.15) is 10.2 Å². The van der Waals surface area contributed by atoms with E-state index in [0.717, 1.165) is 44.7 Å². The summed E-state index contributed by atoms with van der Waals surface area (Å²) in [6, 6.07) is 3.74. The van der Waals surface area contributed by atoms with E-state index < -0.39 is 0 Å². The predicted molar refractivity (Wildman–Crippen MR) is 123 cm³/mol. The highest BCUT2D eigenvalue weighted by Crippen LogP contribution is 2.34. The van der Waals surface area contributed by atoms with Gasteiger partial charge in [-0.3, -0.25) is 19.0 Å². The van der Waals surface area contributed by atoms with E-state index in [1.54, 1.807) is 0 Å². The standard InChI is InChI=1S/C21H24N6O2S2/c1-10-13-7-16(30-20(13)26(3)24-10)18(28)22-9-15(12-5-6-12)23-19(29)17-8-14-11(2)25-27(4)21(14)31-17/h7-8,12,15H,5-6,9H2,1-4H3,(H,22,28)(H,23,29). The maximum Gasteiger partial charge on any atom is 0.261 e. The summed E-state index contributed by atoms with van der Waals surface area (Å²) < 4.78 is 3.62. The Morgan fingerprint density at radius 1 is 1.00 bits per heavy atom. The van der Waals surface area contributed by atoms with Gasteiger partial charge in [0.05, 0.1) is 21.1 Å². The zero-order chi connectivity index (χ0) is 21.9. The molecule has 1 unspecified atom stereocenters. The minimum absolute atomic E-state index is 0.0707. The van der Waals surface area contributed by atoms with E-state index in [-0.39, 0.29) is 17.9 Å². The highest BCUT2D eigenvalue weighted by atomic mass is 32.1. The van der Waals surface area contributed by atoms with E-state index in [1.807, 2.05) is 49.4 Å². The molecule has 1 aliphatic carbocycles. The Kier molecular flexibility index (Phi) is 4.86. The summed E-state index contributed by atoms with van der Waals surface area (Å²) >= 11 is 2.89. The van der Waals surface area contributed by atoms with Crippen LogP contribution in [0, 0.1) is 19.8 Å². The SMILES string of the molecule is Cc1nn(C)c2sc(C(=O)NCC(NC(=O)c3cc4c(C)nn(C)c4s3)C3CC3)cc12. The number of amides is 2. The van der Waals surface area contributed by atoms with Crippen LogP contribution in [0.15, 0.2) is 12.1 Å². The lowest BCUT2D eigenvalue weighted by Gasteiger charge is -2.18. The summed E-state index contributed by atoms with van der Waals surface area (Å²) in [6.45, 7) is 4.32. The van der Waals surface area contributed by atoms with Crippen LogP contribution in [0.5, 0.6) is 0 Å². The van der Waals surface area contributed by atoms with Crippen molar-refractivity contribution in [2.45, 2.75) is 32.7 Å². The second-order valence-corrected chi connectivity index (χ2v) is 10.3. The number of hydrogen-bond donors (Lipinski definition) is 2. The number of aromatic nitrogens is 4. The van der Waals surface area contributed by atoms with Gasteiger partial charge in [0.1, 0.15) is 9.66 Å². The third-order valence-corrected chi connectivity index (χ3v) is 8.23. The van der Waals surface area contributed by atoms with Crippen molar-refractivity contribution in [3.63, 3.8) is 0 Å². The Bertz CT molecular complexity index is 1250. The second-order valence-electron chi connectivity index (χ2n) is 8.20. The molecule has 5 rings (SSSR count). The van der Waals surface area contributed by atoms with Gasteiger partial charge >= 0.3 is 0 Å². The van der Waals surface area contributed by atoms with Crippen LogP contribution >= 0.6 is 22.7 Å². The van der Waals surface area contributed by atoms with Crippen LogP contribution < -0.4 is 10.6 Å². The minimum Gasteiger partial charge on any atom is -0.349 e. The first-order valence-electron chi connectivity index (χ1n) is 10.3. The molecule has 10 heteroatoms. The van der Waals surface area contributed by atoms with Crippen molar-refractivity contribution in [1.82, 2.24) is 30.2 Å². The van der Waals surface area contributed by atoms with E-state index >= 15 is 0 Å². The minimum atomic E-state index is -0.107. The average Bonchev–Trinajstić information content (AvgIpc) is 3.09. The van der Waals surface area contributed by atoms with Crippen LogP contribution in [0.2, 0.25) is 0 Å². The van der Waals surface area contributed by atoms with Crippen molar-refractivity contribution in [2.24, 2.45) is 20.0 Å². The van der Waals surface area contributed by atoms with Crippen LogP contribution in [0.3, 0.4) is 0 Å². The van der Waals surface area contributed by atoms with Gasteiger partial charge in [0.15, 0.2) is 0 Å². The predicted octanol–water partition coefficient (Wildman–Crippen LogP) is 3.14. The van der Waals surface area contributed by atoms with Gasteiger partial charge in [-0.15, -0.1) is 22.7 Å². The number of fused-ring (bicyclic) bond motifs is 2. The summed E-state index contributed by atoms with van der Waals surface area (Å²) in [5, 5.41) is 17.0. The quantitative estimate of drug-likeness (QED) is 0.466. The molecule has 1 atom stereocenters. The third kappa shape index (κ3) is 3.63. The lowest BCUT2D eigenvalue weighted by Crippen LogP contribution is -2.44. The van der Waals surface area contributed by atoms with Crippen molar-refractivity contribution in [3.8, 4) is 0 Å². The van der Waals surface area contributed by atoms with Crippen LogP contribution in [-0.2, 0) is 14.1 Å². The summed E-state index contributed by atoms with van der Waals surface area (Å²) in [7, 11) is 3.78. The zero-order valence-electron chi connectivity index (χ0n) is 17.9.